The third kappa shape index (κ3) is 2.24. The lowest BCUT2D eigenvalue weighted by Gasteiger charge is -2.12. The Hall–Kier alpha value is -1.77. The van der Waals surface area contributed by atoms with E-state index in [4.69, 9.17) is 5.26 Å². The summed E-state index contributed by atoms with van der Waals surface area (Å²) in [6.07, 6.45) is -4.67. The van der Waals surface area contributed by atoms with Crippen molar-refractivity contribution < 1.29 is 18.3 Å². The highest BCUT2D eigenvalue weighted by Gasteiger charge is 2.36. The van der Waals surface area contributed by atoms with Crippen LogP contribution in [-0.2, 0) is 6.18 Å². The van der Waals surface area contributed by atoms with Crippen LogP contribution in [0.1, 0.15) is 36.6 Å². The molecule has 86 valence electrons. The first-order chi connectivity index (χ1) is 7.27. The number of hydrogen-bond donors (Lipinski definition) is 1. The van der Waals surface area contributed by atoms with E-state index >= 15 is 0 Å². The molecule has 0 aliphatic heterocycles. The van der Waals surface area contributed by atoms with Gasteiger partial charge in [0, 0.05) is 5.69 Å². The van der Waals surface area contributed by atoms with Crippen molar-refractivity contribution in [2.75, 3.05) is 0 Å². The first kappa shape index (κ1) is 12.3. The smallest absolute Gasteiger partial charge is 0.417 e. The molecule has 0 radical (unpaired) electrons. The molecule has 1 aromatic heterocycles. The lowest BCUT2D eigenvalue weighted by molar-refractivity contribution is -0.138. The van der Waals surface area contributed by atoms with E-state index in [-0.39, 0.29) is 11.6 Å². The molecule has 1 heterocycles. The molecule has 6 heteroatoms. The summed E-state index contributed by atoms with van der Waals surface area (Å²) in [5.41, 5.74) is -1.88. The van der Waals surface area contributed by atoms with Gasteiger partial charge >= 0.3 is 6.18 Å². The maximum atomic E-state index is 12.6. The Morgan fingerprint density at radius 1 is 1.44 bits per heavy atom. The van der Waals surface area contributed by atoms with Crippen molar-refractivity contribution in [3.63, 3.8) is 0 Å². The first-order valence-corrected chi connectivity index (χ1v) is 4.48. The van der Waals surface area contributed by atoms with Crippen molar-refractivity contribution in [3.05, 3.63) is 22.9 Å². The molecular formula is C10H9F3N2O. The van der Waals surface area contributed by atoms with Gasteiger partial charge in [-0.2, -0.15) is 18.4 Å². The molecule has 1 rings (SSSR count). The van der Waals surface area contributed by atoms with Crippen molar-refractivity contribution in [3.8, 4) is 11.9 Å². The molecule has 0 aliphatic carbocycles. The van der Waals surface area contributed by atoms with Crippen LogP contribution in [0.4, 0.5) is 13.2 Å². The number of nitrogens with zero attached hydrogens (tertiary/aromatic N) is 2. The molecule has 3 nitrogen and oxygen atoms in total. The SMILES string of the molecule is CC(C)c1cc(C(F)(F)F)c(C#N)c(O)n1. The zero-order valence-corrected chi connectivity index (χ0v) is 8.63. The number of pyridine rings is 1. The minimum atomic E-state index is -4.67. The normalized spacial score (nSPS) is 11.6. The summed E-state index contributed by atoms with van der Waals surface area (Å²) in [4.78, 5) is 3.55. The zero-order valence-electron chi connectivity index (χ0n) is 8.63. The summed E-state index contributed by atoms with van der Waals surface area (Å²) in [5, 5.41) is 17.8. The molecule has 1 aromatic rings. The minimum absolute atomic E-state index is 0.101. The lowest BCUT2D eigenvalue weighted by Crippen LogP contribution is -2.10. The molecule has 0 unspecified atom stereocenters. The summed E-state index contributed by atoms with van der Waals surface area (Å²) in [6.45, 7) is 3.29. The molecule has 0 atom stereocenters. The summed E-state index contributed by atoms with van der Waals surface area (Å²) in [5.74, 6) is -1.14. The lowest BCUT2D eigenvalue weighted by atomic mass is 10.0. The van der Waals surface area contributed by atoms with Crippen LogP contribution < -0.4 is 0 Å². The molecule has 0 aromatic carbocycles. The van der Waals surface area contributed by atoms with Crippen LogP contribution in [-0.4, -0.2) is 10.1 Å². The summed E-state index contributed by atoms with van der Waals surface area (Å²) in [6, 6.07) is 2.10. The number of aromatic hydroxyl groups is 1. The predicted molar refractivity (Wildman–Crippen MR) is 49.7 cm³/mol. The van der Waals surface area contributed by atoms with E-state index in [1.165, 1.54) is 6.07 Å². The highest BCUT2D eigenvalue weighted by molar-refractivity contribution is 5.47. The van der Waals surface area contributed by atoms with Gasteiger partial charge < -0.3 is 5.11 Å². The zero-order chi connectivity index (χ0) is 12.5. The Labute approximate surface area is 90.2 Å². The molecule has 0 amide bonds. The molecule has 1 N–H and O–H groups in total. The van der Waals surface area contributed by atoms with Gasteiger partial charge in [-0.05, 0) is 12.0 Å². The number of aromatic nitrogens is 1. The number of alkyl halides is 3. The number of nitriles is 1. The van der Waals surface area contributed by atoms with Crippen LogP contribution in [0.2, 0.25) is 0 Å². The van der Waals surface area contributed by atoms with E-state index in [0.29, 0.717) is 0 Å². The number of halogens is 3. The van der Waals surface area contributed by atoms with Crippen LogP contribution in [0.3, 0.4) is 0 Å². The van der Waals surface area contributed by atoms with Crippen molar-refractivity contribution in [1.82, 2.24) is 4.98 Å². The fourth-order valence-corrected chi connectivity index (χ4v) is 1.18. The minimum Gasteiger partial charge on any atom is -0.492 e. The fraction of sp³-hybridized carbons (Fsp3) is 0.400. The number of rotatable bonds is 1. The van der Waals surface area contributed by atoms with Crippen molar-refractivity contribution in [1.29, 1.82) is 5.26 Å². The highest BCUT2D eigenvalue weighted by atomic mass is 19.4. The van der Waals surface area contributed by atoms with Crippen LogP contribution >= 0.6 is 0 Å². The molecule has 16 heavy (non-hydrogen) atoms. The Kier molecular flexibility index (Phi) is 3.08. The van der Waals surface area contributed by atoms with Crippen LogP contribution in [0, 0.1) is 11.3 Å². The molecule has 0 saturated carbocycles. The van der Waals surface area contributed by atoms with Crippen molar-refractivity contribution in [2.24, 2.45) is 0 Å². The third-order valence-corrected chi connectivity index (χ3v) is 2.03. The predicted octanol–water partition coefficient (Wildman–Crippen LogP) is 2.80. The maximum absolute atomic E-state index is 12.6. The van der Waals surface area contributed by atoms with E-state index in [0.717, 1.165) is 6.07 Å². The van der Waals surface area contributed by atoms with E-state index < -0.39 is 23.2 Å². The van der Waals surface area contributed by atoms with Crippen LogP contribution in [0.5, 0.6) is 5.88 Å². The van der Waals surface area contributed by atoms with Crippen LogP contribution in [0.15, 0.2) is 6.07 Å². The second-order valence-electron chi connectivity index (χ2n) is 3.56. The Morgan fingerprint density at radius 2 is 2.00 bits per heavy atom. The third-order valence-electron chi connectivity index (χ3n) is 2.03. The quantitative estimate of drug-likeness (QED) is 0.806. The van der Waals surface area contributed by atoms with Crippen molar-refractivity contribution in [2.45, 2.75) is 25.9 Å². The summed E-state index contributed by atoms with van der Waals surface area (Å²) in [7, 11) is 0. The second kappa shape index (κ2) is 4.00. The molecular weight excluding hydrogens is 221 g/mol. The van der Waals surface area contributed by atoms with Gasteiger partial charge in [-0.1, -0.05) is 13.8 Å². The monoisotopic (exact) mass is 230 g/mol. The summed E-state index contributed by atoms with van der Waals surface area (Å²) >= 11 is 0. The van der Waals surface area contributed by atoms with Gasteiger partial charge in [-0.25, -0.2) is 4.98 Å². The van der Waals surface area contributed by atoms with Gasteiger partial charge in [-0.15, -0.1) is 0 Å². The van der Waals surface area contributed by atoms with Gasteiger partial charge in [-0.3, -0.25) is 0 Å². The largest absolute Gasteiger partial charge is 0.492 e. The van der Waals surface area contributed by atoms with Gasteiger partial charge in [0.05, 0.1) is 5.56 Å². The fourth-order valence-electron chi connectivity index (χ4n) is 1.18. The average Bonchev–Trinajstić information content (AvgIpc) is 2.14. The average molecular weight is 230 g/mol. The van der Waals surface area contributed by atoms with E-state index in [1.807, 2.05) is 0 Å². The van der Waals surface area contributed by atoms with Gasteiger partial charge in [0.2, 0.25) is 5.88 Å². The molecule has 0 fully saturated rings. The van der Waals surface area contributed by atoms with Gasteiger partial charge in [0.25, 0.3) is 0 Å². The molecule has 0 spiro atoms. The van der Waals surface area contributed by atoms with Crippen LogP contribution in [0.25, 0.3) is 0 Å². The number of hydrogen-bond acceptors (Lipinski definition) is 3. The Bertz CT molecular complexity index is 447. The standard InChI is InChI=1S/C10H9F3N2O/c1-5(2)8-3-7(10(11,12)13)6(4-14)9(16)15-8/h3,5H,1-2H3,(H,15,16). The molecule has 0 aliphatic rings. The Morgan fingerprint density at radius 3 is 2.38 bits per heavy atom. The maximum Gasteiger partial charge on any atom is 0.417 e. The van der Waals surface area contributed by atoms with E-state index in [1.54, 1.807) is 13.8 Å². The summed E-state index contributed by atoms with van der Waals surface area (Å²) < 4.78 is 37.7. The highest BCUT2D eigenvalue weighted by Crippen LogP contribution is 2.36. The first-order valence-electron chi connectivity index (χ1n) is 4.48. The second-order valence-corrected chi connectivity index (χ2v) is 3.56. The van der Waals surface area contributed by atoms with Crippen molar-refractivity contribution >= 4 is 0 Å². The van der Waals surface area contributed by atoms with E-state index in [9.17, 15) is 18.3 Å². The van der Waals surface area contributed by atoms with Gasteiger partial charge in [0.15, 0.2) is 0 Å². The van der Waals surface area contributed by atoms with Gasteiger partial charge in [0.1, 0.15) is 11.6 Å². The Balaban J connectivity index is 3.51. The van der Waals surface area contributed by atoms with E-state index in [2.05, 4.69) is 4.98 Å². The topological polar surface area (TPSA) is 56.9 Å². The molecule has 0 bridgehead atoms. The molecule has 0 saturated heterocycles.